The summed E-state index contributed by atoms with van der Waals surface area (Å²) in [5, 5.41) is 0. The minimum absolute atomic E-state index is 0.243. The minimum Gasteiger partial charge on any atom is -0.434 e. The number of ether oxygens (including phenoxy) is 14. The van der Waals surface area contributed by atoms with Crippen molar-refractivity contribution in [2.75, 3.05) is 107 Å². The molecule has 0 heterocycles. The van der Waals surface area contributed by atoms with Crippen molar-refractivity contribution < 1.29 is 95.1 Å². The highest BCUT2D eigenvalue weighted by Crippen LogP contribution is 2.08. The highest BCUT2D eigenvalue weighted by molar-refractivity contribution is 5.61. The molecule has 0 aromatic heterocycles. The molecular weight excluding hydrogens is 909 g/mol. The SMILES string of the molecule is COCCCCCCOC(=O)OCCCCCCOC(=O)OCCCCCCOC(=O)OCCCCCCOC(=O)OCCCCCCOC(=O)OCCCCCCOC(=O)OCCCCCOC. The molecule has 0 fully saturated rings. The maximum Gasteiger partial charge on any atom is 0.508 e. The fraction of sp³-hybridized carbons (Fsp3) is 0.878. The Kier molecular flexibility index (Phi) is 49.5. The summed E-state index contributed by atoms with van der Waals surface area (Å²) in [6.07, 6.45) is 17.4. The van der Waals surface area contributed by atoms with Gasteiger partial charge < -0.3 is 66.3 Å². The second-order valence-corrected chi connectivity index (χ2v) is 16.2. The molecular formula is C49H88O20. The minimum atomic E-state index is -0.703. The first-order valence-corrected chi connectivity index (χ1v) is 25.5. The van der Waals surface area contributed by atoms with Crippen molar-refractivity contribution in [1.82, 2.24) is 0 Å². The Morgan fingerprint density at radius 2 is 0.275 bits per heavy atom. The number of carbonyl (C=O) groups is 6. The van der Waals surface area contributed by atoms with Gasteiger partial charge in [-0.2, -0.15) is 0 Å². The summed E-state index contributed by atoms with van der Waals surface area (Å²) < 4.78 is 70.9. The van der Waals surface area contributed by atoms with E-state index in [1.807, 2.05) is 0 Å². The number of hydrogen-bond donors (Lipinski definition) is 0. The van der Waals surface area contributed by atoms with E-state index in [0.717, 1.165) is 116 Å². The molecule has 0 aromatic rings. The largest absolute Gasteiger partial charge is 0.508 e. The van der Waals surface area contributed by atoms with Gasteiger partial charge in [0.05, 0.1) is 79.3 Å². The smallest absolute Gasteiger partial charge is 0.434 e. The number of carbonyl (C=O) groups excluding carboxylic acids is 6. The third-order valence-electron chi connectivity index (χ3n) is 10.1. The van der Waals surface area contributed by atoms with Crippen LogP contribution in [0.25, 0.3) is 0 Å². The lowest BCUT2D eigenvalue weighted by Crippen LogP contribution is -2.11. The zero-order valence-corrected chi connectivity index (χ0v) is 42.2. The summed E-state index contributed by atoms with van der Waals surface area (Å²) in [7, 11) is 3.34. The molecule has 20 nitrogen and oxygen atoms in total. The van der Waals surface area contributed by atoms with Crippen molar-refractivity contribution in [3.8, 4) is 0 Å². The third-order valence-corrected chi connectivity index (χ3v) is 10.1. The van der Waals surface area contributed by atoms with Gasteiger partial charge in [-0.15, -0.1) is 0 Å². The highest BCUT2D eigenvalue weighted by atomic mass is 16.7. The van der Waals surface area contributed by atoms with Crippen molar-refractivity contribution in [2.24, 2.45) is 0 Å². The average Bonchev–Trinajstić information content (AvgIpc) is 3.33. The van der Waals surface area contributed by atoms with Crippen LogP contribution in [0.3, 0.4) is 0 Å². The average molecular weight is 997 g/mol. The topological polar surface area (TPSA) is 232 Å². The second kappa shape index (κ2) is 52.9. The van der Waals surface area contributed by atoms with Crippen LogP contribution in [0.1, 0.15) is 173 Å². The lowest BCUT2D eigenvalue weighted by molar-refractivity contribution is 0.0475. The Hall–Kier alpha value is -4.46. The van der Waals surface area contributed by atoms with Gasteiger partial charge in [0, 0.05) is 27.4 Å². The van der Waals surface area contributed by atoms with Gasteiger partial charge in [0.25, 0.3) is 0 Å². The molecule has 0 radical (unpaired) electrons. The lowest BCUT2D eigenvalue weighted by atomic mass is 10.2. The van der Waals surface area contributed by atoms with Crippen LogP contribution in [-0.4, -0.2) is 144 Å². The van der Waals surface area contributed by atoms with Crippen molar-refractivity contribution in [3.05, 3.63) is 0 Å². The normalized spacial score (nSPS) is 10.7. The first kappa shape index (κ1) is 64.5. The zero-order valence-electron chi connectivity index (χ0n) is 42.2. The van der Waals surface area contributed by atoms with Crippen molar-refractivity contribution >= 4 is 36.9 Å². The Labute approximate surface area is 411 Å². The summed E-state index contributed by atoms with van der Waals surface area (Å²) >= 11 is 0. The van der Waals surface area contributed by atoms with Gasteiger partial charge in [0.15, 0.2) is 0 Å². The Morgan fingerprint density at radius 3 is 0.391 bits per heavy atom. The fourth-order valence-electron chi connectivity index (χ4n) is 6.13. The van der Waals surface area contributed by atoms with Crippen LogP contribution in [0.2, 0.25) is 0 Å². The fourth-order valence-corrected chi connectivity index (χ4v) is 6.13. The lowest BCUT2D eigenvalue weighted by Gasteiger charge is -2.08. The molecule has 0 aliphatic rings. The molecule has 0 amide bonds. The van der Waals surface area contributed by atoms with Crippen molar-refractivity contribution in [2.45, 2.75) is 173 Å². The molecule has 0 saturated carbocycles. The Bertz CT molecular complexity index is 1220. The van der Waals surface area contributed by atoms with E-state index in [2.05, 4.69) is 0 Å². The molecule has 0 saturated heterocycles. The van der Waals surface area contributed by atoms with Gasteiger partial charge in [0.2, 0.25) is 0 Å². The molecule has 0 rings (SSSR count). The van der Waals surface area contributed by atoms with Gasteiger partial charge in [0.1, 0.15) is 0 Å². The summed E-state index contributed by atoms with van der Waals surface area (Å²) in [5.74, 6) is 0. The summed E-state index contributed by atoms with van der Waals surface area (Å²) in [4.78, 5) is 70.2. The van der Waals surface area contributed by atoms with E-state index in [-0.39, 0.29) is 52.9 Å². The molecule has 0 atom stereocenters. The monoisotopic (exact) mass is 997 g/mol. The van der Waals surface area contributed by atoms with Crippen LogP contribution >= 0.6 is 0 Å². The first-order valence-electron chi connectivity index (χ1n) is 25.5. The quantitative estimate of drug-likeness (QED) is 0.0313. The van der Waals surface area contributed by atoms with E-state index >= 15 is 0 Å². The molecule has 0 unspecified atom stereocenters. The zero-order chi connectivity index (χ0) is 50.4. The van der Waals surface area contributed by atoms with Gasteiger partial charge in [-0.25, -0.2) is 28.8 Å². The highest BCUT2D eigenvalue weighted by Gasteiger charge is 2.09. The van der Waals surface area contributed by atoms with Crippen molar-refractivity contribution in [1.29, 1.82) is 0 Å². The number of unbranched alkanes of at least 4 members (excludes halogenated alkanes) is 20. The number of hydrogen-bond acceptors (Lipinski definition) is 20. The molecule has 69 heavy (non-hydrogen) atoms. The summed E-state index contributed by atoms with van der Waals surface area (Å²) in [6.45, 7) is 4.76. The predicted molar refractivity (Wildman–Crippen MR) is 252 cm³/mol. The van der Waals surface area contributed by atoms with Crippen molar-refractivity contribution in [3.63, 3.8) is 0 Å². The van der Waals surface area contributed by atoms with Crippen LogP contribution < -0.4 is 0 Å². The van der Waals surface area contributed by atoms with Crippen LogP contribution in [0.4, 0.5) is 28.8 Å². The third kappa shape index (κ3) is 52.8. The van der Waals surface area contributed by atoms with E-state index in [1.165, 1.54) is 0 Å². The van der Waals surface area contributed by atoms with E-state index < -0.39 is 36.9 Å². The van der Waals surface area contributed by atoms with Crippen LogP contribution in [0, 0.1) is 0 Å². The molecule has 404 valence electrons. The summed E-state index contributed by atoms with van der Waals surface area (Å²) in [6, 6.07) is 0. The van der Waals surface area contributed by atoms with Crippen LogP contribution in [0.5, 0.6) is 0 Å². The van der Waals surface area contributed by atoms with Gasteiger partial charge in [-0.05, 0) is 167 Å². The molecule has 20 heteroatoms. The molecule has 0 N–H and O–H groups in total. The van der Waals surface area contributed by atoms with E-state index in [0.29, 0.717) is 97.2 Å². The van der Waals surface area contributed by atoms with E-state index in [9.17, 15) is 28.8 Å². The Balaban J connectivity index is 3.39. The number of methoxy groups -OCH3 is 2. The van der Waals surface area contributed by atoms with Gasteiger partial charge in [-0.1, -0.05) is 6.42 Å². The summed E-state index contributed by atoms with van der Waals surface area (Å²) in [5.41, 5.74) is 0. The van der Waals surface area contributed by atoms with Crippen LogP contribution in [0.15, 0.2) is 0 Å². The molecule has 0 aliphatic heterocycles. The molecule has 0 aliphatic carbocycles. The maximum atomic E-state index is 11.8. The Morgan fingerprint density at radius 1 is 0.174 bits per heavy atom. The maximum absolute atomic E-state index is 11.8. The van der Waals surface area contributed by atoms with Gasteiger partial charge >= 0.3 is 36.9 Å². The molecule has 0 bridgehead atoms. The molecule has 0 spiro atoms. The van der Waals surface area contributed by atoms with E-state index in [1.54, 1.807) is 14.2 Å². The van der Waals surface area contributed by atoms with E-state index in [4.69, 9.17) is 66.3 Å². The second-order valence-electron chi connectivity index (χ2n) is 16.2. The standard InChI is InChI=1S/C49H88O20/c1-56-30-16-3-4-18-32-58-44(50)59-33-19-5-6-20-34-60-45(51)61-35-21-7-8-22-36-62-46(52)63-37-23-9-10-24-38-64-47(53)65-39-25-11-12-26-40-66-48(54)67-41-27-13-14-28-42-68-49(55)69-43-29-15-17-31-57-2/h3-43H2,1-2H3. The predicted octanol–water partition coefficient (Wildman–Crippen LogP) is 11.7. The van der Waals surface area contributed by atoms with Crippen LogP contribution in [-0.2, 0) is 66.3 Å². The van der Waals surface area contributed by atoms with Gasteiger partial charge in [-0.3, -0.25) is 0 Å². The molecule has 0 aromatic carbocycles. The number of rotatable bonds is 48. The first-order chi connectivity index (χ1) is 33.8.